The first-order valence-electron chi connectivity index (χ1n) is 11.8. The number of aliphatic hydroxyl groups is 1. The van der Waals surface area contributed by atoms with Gasteiger partial charge in [0.05, 0.1) is 17.6 Å². The summed E-state index contributed by atoms with van der Waals surface area (Å²) >= 11 is 0. The van der Waals surface area contributed by atoms with Crippen molar-refractivity contribution >= 4 is 22.6 Å². The molecule has 1 aromatic heterocycles. The van der Waals surface area contributed by atoms with Gasteiger partial charge in [-0.15, -0.1) is 0 Å². The molecule has 1 saturated heterocycles. The maximum Gasteiger partial charge on any atom is 0.227 e. The minimum Gasteiger partial charge on any atom is -0.491 e. The van der Waals surface area contributed by atoms with Gasteiger partial charge in [-0.2, -0.15) is 0 Å². The van der Waals surface area contributed by atoms with Crippen molar-refractivity contribution in [3.05, 3.63) is 89.5 Å². The van der Waals surface area contributed by atoms with Crippen molar-refractivity contribution in [2.24, 2.45) is 0 Å². The second kappa shape index (κ2) is 9.50. The van der Waals surface area contributed by atoms with E-state index in [1.165, 1.54) is 12.1 Å². The topological polar surface area (TPSA) is 67.6 Å². The van der Waals surface area contributed by atoms with Gasteiger partial charge in [-0.25, -0.2) is 9.37 Å². The second-order valence-electron chi connectivity index (χ2n) is 9.19. The number of nitrogens with zero attached hydrogens (tertiary/aromatic N) is 3. The van der Waals surface area contributed by atoms with E-state index in [2.05, 4.69) is 0 Å². The fourth-order valence-electron chi connectivity index (χ4n) is 4.68. The number of aromatic nitrogens is 2. The van der Waals surface area contributed by atoms with Crippen molar-refractivity contribution in [3.63, 3.8) is 0 Å². The molecule has 2 heterocycles. The van der Waals surface area contributed by atoms with Crippen molar-refractivity contribution in [3.8, 4) is 5.75 Å². The normalized spacial score (nSPS) is 16.7. The number of aliphatic hydroxyl groups excluding tert-OH is 1. The van der Waals surface area contributed by atoms with Crippen LogP contribution in [0.4, 0.5) is 10.1 Å². The molecule has 1 aliphatic rings. The zero-order valence-electron chi connectivity index (χ0n) is 19.8. The predicted octanol–water partition coefficient (Wildman–Crippen LogP) is 4.75. The highest BCUT2D eigenvalue weighted by molar-refractivity contribution is 5.96. The van der Waals surface area contributed by atoms with E-state index in [4.69, 9.17) is 9.72 Å². The van der Waals surface area contributed by atoms with Gasteiger partial charge in [0.1, 0.15) is 30.1 Å². The molecule has 0 radical (unpaired) electrons. The summed E-state index contributed by atoms with van der Waals surface area (Å²) in [6, 6.07) is 19.8. The number of rotatable bonds is 7. The lowest BCUT2D eigenvalue weighted by atomic mass is 10.1. The summed E-state index contributed by atoms with van der Waals surface area (Å²) in [5.74, 6) is 0.873. The van der Waals surface area contributed by atoms with E-state index in [0.717, 1.165) is 33.7 Å². The molecule has 35 heavy (non-hydrogen) atoms. The Bertz CT molecular complexity index is 1380. The van der Waals surface area contributed by atoms with Crippen molar-refractivity contribution in [1.82, 2.24) is 9.55 Å². The molecule has 4 aromatic rings. The van der Waals surface area contributed by atoms with Crippen LogP contribution in [-0.4, -0.2) is 39.8 Å². The van der Waals surface area contributed by atoms with Gasteiger partial charge in [-0.1, -0.05) is 30.3 Å². The third-order valence-electron chi connectivity index (χ3n) is 6.46. The minimum absolute atomic E-state index is 0.0713. The number of carbonyl (C=O) groups is 1. The number of fused-ring (bicyclic) bond motifs is 1. The van der Waals surface area contributed by atoms with Gasteiger partial charge in [0, 0.05) is 24.6 Å². The average Bonchev–Trinajstić information content (AvgIpc) is 3.40. The van der Waals surface area contributed by atoms with Crippen LogP contribution < -0.4 is 9.64 Å². The van der Waals surface area contributed by atoms with Gasteiger partial charge in [-0.3, -0.25) is 4.79 Å². The lowest BCUT2D eigenvalue weighted by Crippen LogP contribution is -2.26. The highest BCUT2D eigenvalue weighted by Crippen LogP contribution is 2.33. The summed E-state index contributed by atoms with van der Waals surface area (Å²) in [6.07, 6.45) is -0.503. The molecule has 7 heteroatoms. The molecule has 3 aromatic carbocycles. The molecule has 0 bridgehead atoms. The smallest absolute Gasteiger partial charge is 0.227 e. The van der Waals surface area contributed by atoms with Crippen molar-refractivity contribution < 1.29 is 19.0 Å². The summed E-state index contributed by atoms with van der Waals surface area (Å²) in [6.45, 7) is 4.80. The van der Waals surface area contributed by atoms with Crippen LogP contribution in [-0.2, 0) is 11.3 Å². The highest BCUT2D eigenvalue weighted by atomic mass is 19.1. The summed E-state index contributed by atoms with van der Waals surface area (Å²) in [5.41, 5.74) is 4.35. The third kappa shape index (κ3) is 4.77. The number of hydrogen-bond acceptors (Lipinski definition) is 4. The number of hydrogen-bond donors (Lipinski definition) is 1. The second-order valence-corrected chi connectivity index (χ2v) is 9.19. The predicted molar refractivity (Wildman–Crippen MR) is 133 cm³/mol. The Balaban J connectivity index is 1.39. The third-order valence-corrected chi connectivity index (χ3v) is 6.46. The van der Waals surface area contributed by atoms with Crippen molar-refractivity contribution in [1.29, 1.82) is 0 Å². The van der Waals surface area contributed by atoms with Gasteiger partial charge >= 0.3 is 0 Å². The lowest BCUT2D eigenvalue weighted by Gasteiger charge is -2.19. The van der Waals surface area contributed by atoms with E-state index in [-0.39, 0.29) is 37.2 Å². The molecule has 1 amide bonds. The summed E-state index contributed by atoms with van der Waals surface area (Å²) in [4.78, 5) is 19.3. The van der Waals surface area contributed by atoms with Crippen LogP contribution in [0.2, 0.25) is 0 Å². The number of aryl methyl sites for hydroxylation is 2. The highest BCUT2D eigenvalue weighted by Gasteiger charge is 2.35. The number of halogens is 1. The quantitative estimate of drug-likeness (QED) is 0.421. The van der Waals surface area contributed by atoms with Crippen molar-refractivity contribution in [2.75, 3.05) is 18.1 Å². The fourth-order valence-corrected chi connectivity index (χ4v) is 4.68. The molecular formula is C28H28FN3O3. The number of anilines is 1. The van der Waals surface area contributed by atoms with E-state index in [1.54, 1.807) is 17.0 Å². The van der Waals surface area contributed by atoms with Crippen LogP contribution in [0.5, 0.6) is 5.75 Å². The van der Waals surface area contributed by atoms with E-state index in [0.29, 0.717) is 12.2 Å². The molecule has 0 saturated carbocycles. The summed E-state index contributed by atoms with van der Waals surface area (Å²) < 4.78 is 21.7. The Morgan fingerprint density at radius 1 is 1.11 bits per heavy atom. The Morgan fingerprint density at radius 3 is 2.77 bits per heavy atom. The molecule has 1 N–H and O–H groups in total. The van der Waals surface area contributed by atoms with Crippen LogP contribution in [0.15, 0.2) is 66.7 Å². The van der Waals surface area contributed by atoms with Crippen LogP contribution in [0.3, 0.4) is 0 Å². The number of para-hydroxylation sites is 2. The maximum atomic E-state index is 13.8. The molecular weight excluding hydrogens is 445 g/mol. The molecule has 0 spiro atoms. The van der Waals surface area contributed by atoms with Crippen LogP contribution in [0.1, 0.15) is 29.3 Å². The van der Waals surface area contributed by atoms with Gasteiger partial charge < -0.3 is 19.3 Å². The van der Waals surface area contributed by atoms with E-state index >= 15 is 0 Å². The Labute approximate surface area is 203 Å². The number of ether oxygens (including phenoxy) is 1. The zero-order chi connectivity index (χ0) is 24.5. The van der Waals surface area contributed by atoms with Crippen molar-refractivity contribution in [2.45, 2.75) is 38.8 Å². The Hall–Kier alpha value is -3.71. The first-order chi connectivity index (χ1) is 16.9. The Kier molecular flexibility index (Phi) is 6.26. The SMILES string of the molecule is Cc1ccc(C)c(OC[C@H](O)Cn2c([C@@H]3CC(=O)N(c4cccc(F)c4)C3)nc3ccccc32)c1. The number of amides is 1. The molecule has 0 aliphatic carbocycles. The fraction of sp³-hybridized carbons (Fsp3) is 0.286. The first-order valence-corrected chi connectivity index (χ1v) is 11.8. The van der Waals surface area contributed by atoms with Crippen LogP contribution in [0.25, 0.3) is 11.0 Å². The molecule has 0 unspecified atom stereocenters. The summed E-state index contributed by atoms with van der Waals surface area (Å²) in [7, 11) is 0. The molecule has 6 nitrogen and oxygen atoms in total. The summed E-state index contributed by atoms with van der Waals surface area (Å²) in [5, 5.41) is 10.9. The molecule has 1 fully saturated rings. The van der Waals surface area contributed by atoms with E-state index in [9.17, 15) is 14.3 Å². The van der Waals surface area contributed by atoms with Gasteiger partial charge in [0.2, 0.25) is 5.91 Å². The van der Waals surface area contributed by atoms with Crippen LogP contribution in [0, 0.1) is 19.7 Å². The number of imidazole rings is 1. The monoisotopic (exact) mass is 473 g/mol. The van der Waals surface area contributed by atoms with Gasteiger partial charge in [0.25, 0.3) is 0 Å². The number of benzene rings is 3. The van der Waals surface area contributed by atoms with Gasteiger partial charge in [-0.05, 0) is 61.4 Å². The largest absolute Gasteiger partial charge is 0.491 e. The molecule has 2 atom stereocenters. The maximum absolute atomic E-state index is 13.8. The van der Waals surface area contributed by atoms with Gasteiger partial charge in [0.15, 0.2) is 0 Å². The average molecular weight is 474 g/mol. The van der Waals surface area contributed by atoms with E-state index in [1.807, 2.05) is 60.9 Å². The van der Waals surface area contributed by atoms with Crippen LogP contribution >= 0.6 is 0 Å². The zero-order valence-corrected chi connectivity index (χ0v) is 19.8. The Morgan fingerprint density at radius 2 is 1.94 bits per heavy atom. The minimum atomic E-state index is -0.775. The standard InChI is InChI=1S/C28H28FN3O3/c1-18-10-11-19(2)26(12-18)35-17-23(33)16-32-25-9-4-3-8-24(25)30-28(32)20-13-27(34)31(15-20)22-7-5-6-21(29)14-22/h3-12,14,20,23,33H,13,15-17H2,1-2H3/t20-,23-/m1/s1. The molecule has 180 valence electrons. The number of carbonyl (C=O) groups excluding carboxylic acids is 1. The lowest BCUT2D eigenvalue weighted by molar-refractivity contribution is -0.117. The first kappa shape index (κ1) is 23.1. The molecule has 5 rings (SSSR count). The molecule has 1 aliphatic heterocycles. The van der Waals surface area contributed by atoms with E-state index < -0.39 is 6.10 Å².